The fourth-order valence-electron chi connectivity index (χ4n) is 1.95. The summed E-state index contributed by atoms with van der Waals surface area (Å²) in [6.45, 7) is 0. The molecular weight excluding hydrogens is 361 g/mol. The van der Waals surface area contributed by atoms with E-state index in [0.29, 0.717) is 15.3 Å². The van der Waals surface area contributed by atoms with E-state index in [1.54, 1.807) is 18.2 Å². The lowest BCUT2D eigenvalue weighted by atomic mass is 10.2. The third kappa shape index (κ3) is 3.12. The van der Waals surface area contributed by atoms with Gasteiger partial charge >= 0.3 is 0 Å². The summed E-state index contributed by atoms with van der Waals surface area (Å²) in [5.41, 5.74) is 0.676. The Hall–Kier alpha value is -2.22. The molecule has 0 fully saturated rings. The number of carbonyl (C=O) groups is 1. The van der Waals surface area contributed by atoms with Gasteiger partial charge in [0.05, 0.1) is 30.7 Å². The summed E-state index contributed by atoms with van der Waals surface area (Å²) in [4.78, 5) is 26.8. The summed E-state index contributed by atoms with van der Waals surface area (Å²) >= 11 is 13.1. The number of nitro groups is 1. The van der Waals surface area contributed by atoms with Crippen molar-refractivity contribution in [2.24, 2.45) is 0 Å². The molecule has 3 aromatic rings. The first-order valence-corrected chi connectivity index (χ1v) is 7.83. The first kappa shape index (κ1) is 15.7. The number of hydrogen-bond donors (Lipinski definition) is 1. The molecule has 9 heteroatoms. The molecule has 0 saturated heterocycles. The van der Waals surface area contributed by atoms with Crippen molar-refractivity contribution in [2.45, 2.75) is 0 Å². The number of hydrogen-bond acceptors (Lipinski definition) is 5. The van der Waals surface area contributed by atoms with E-state index in [4.69, 9.17) is 23.2 Å². The normalized spacial score (nSPS) is 10.7. The Balaban J connectivity index is 1.92. The highest BCUT2D eigenvalue weighted by Gasteiger charge is 2.17. The van der Waals surface area contributed by atoms with Crippen molar-refractivity contribution >= 4 is 61.5 Å². The molecule has 0 radical (unpaired) electrons. The zero-order valence-corrected chi connectivity index (χ0v) is 13.6. The fourth-order valence-corrected chi connectivity index (χ4v) is 3.42. The molecule has 1 heterocycles. The number of thiazole rings is 1. The van der Waals surface area contributed by atoms with Gasteiger partial charge in [-0.3, -0.25) is 20.2 Å². The molecule has 1 amide bonds. The number of nitrogens with one attached hydrogen (secondary N) is 1. The van der Waals surface area contributed by atoms with E-state index >= 15 is 0 Å². The molecule has 0 saturated carbocycles. The second kappa shape index (κ2) is 6.11. The second-order valence-corrected chi connectivity index (χ2v) is 6.32. The SMILES string of the molecule is O=C(Nc1nc2ccc([N+](=O)[O-])cc2s1)c1c(Cl)cccc1Cl. The number of halogens is 2. The minimum Gasteiger partial charge on any atom is -0.298 e. The third-order valence-electron chi connectivity index (χ3n) is 2.99. The maximum atomic E-state index is 12.3. The van der Waals surface area contributed by atoms with E-state index in [1.165, 1.54) is 18.2 Å². The van der Waals surface area contributed by atoms with E-state index in [1.807, 2.05) is 0 Å². The van der Waals surface area contributed by atoms with E-state index in [2.05, 4.69) is 10.3 Å². The van der Waals surface area contributed by atoms with Crippen LogP contribution in [-0.2, 0) is 0 Å². The summed E-state index contributed by atoms with van der Waals surface area (Å²) in [7, 11) is 0. The molecule has 116 valence electrons. The molecule has 0 unspecified atom stereocenters. The molecule has 0 atom stereocenters. The van der Waals surface area contributed by atoms with Crippen molar-refractivity contribution in [2.75, 3.05) is 5.32 Å². The first-order valence-electron chi connectivity index (χ1n) is 6.26. The predicted octanol–water partition coefficient (Wildman–Crippen LogP) is 4.76. The lowest BCUT2D eigenvalue weighted by Crippen LogP contribution is -2.12. The van der Waals surface area contributed by atoms with Crippen LogP contribution in [0.15, 0.2) is 36.4 Å². The molecule has 0 aliphatic carbocycles. The van der Waals surface area contributed by atoms with Crippen LogP contribution in [-0.4, -0.2) is 15.8 Å². The number of nitrogens with zero attached hydrogens (tertiary/aromatic N) is 2. The number of amides is 1. The van der Waals surface area contributed by atoms with Gasteiger partial charge in [0, 0.05) is 12.1 Å². The Morgan fingerprint density at radius 3 is 2.57 bits per heavy atom. The minimum atomic E-state index is -0.492. The van der Waals surface area contributed by atoms with Crippen LogP contribution in [0.4, 0.5) is 10.8 Å². The van der Waals surface area contributed by atoms with Crippen molar-refractivity contribution in [1.29, 1.82) is 0 Å². The van der Waals surface area contributed by atoms with Crippen LogP contribution < -0.4 is 5.32 Å². The summed E-state index contributed by atoms with van der Waals surface area (Å²) in [6.07, 6.45) is 0. The molecule has 2 aromatic carbocycles. The molecule has 3 rings (SSSR count). The highest BCUT2D eigenvalue weighted by Crippen LogP contribution is 2.31. The van der Waals surface area contributed by atoms with Gasteiger partial charge in [-0.15, -0.1) is 0 Å². The van der Waals surface area contributed by atoms with Gasteiger partial charge in [-0.2, -0.15) is 0 Å². The number of rotatable bonds is 3. The molecule has 1 N–H and O–H groups in total. The van der Waals surface area contributed by atoms with Crippen LogP contribution in [0.2, 0.25) is 10.0 Å². The average Bonchev–Trinajstić information content (AvgIpc) is 2.87. The average molecular weight is 368 g/mol. The largest absolute Gasteiger partial charge is 0.298 e. The monoisotopic (exact) mass is 367 g/mol. The number of benzene rings is 2. The topological polar surface area (TPSA) is 85.1 Å². The molecule has 0 aliphatic rings. The van der Waals surface area contributed by atoms with Crippen LogP contribution in [0.5, 0.6) is 0 Å². The van der Waals surface area contributed by atoms with Crippen molar-refractivity contribution < 1.29 is 9.72 Å². The van der Waals surface area contributed by atoms with E-state index in [9.17, 15) is 14.9 Å². The lowest BCUT2D eigenvalue weighted by Gasteiger charge is -2.05. The molecule has 0 spiro atoms. The number of carbonyl (C=O) groups excluding carboxylic acids is 1. The Labute approximate surface area is 143 Å². The maximum Gasteiger partial charge on any atom is 0.270 e. The van der Waals surface area contributed by atoms with E-state index < -0.39 is 10.8 Å². The quantitative estimate of drug-likeness (QED) is 0.533. The third-order valence-corrected chi connectivity index (χ3v) is 4.56. The van der Waals surface area contributed by atoms with Crippen LogP contribution in [0.25, 0.3) is 10.2 Å². The van der Waals surface area contributed by atoms with Gasteiger partial charge in [0.15, 0.2) is 5.13 Å². The van der Waals surface area contributed by atoms with Gasteiger partial charge in [-0.25, -0.2) is 4.98 Å². The summed E-state index contributed by atoms with van der Waals surface area (Å²) in [6, 6.07) is 9.05. The molecule has 1 aromatic heterocycles. The summed E-state index contributed by atoms with van der Waals surface area (Å²) in [5.74, 6) is -0.492. The zero-order chi connectivity index (χ0) is 16.6. The Morgan fingerprint density at radius 1 is 1.22 bits per heavy atom. The number of anilines is 1. The summed E-state index contributed by atoms with van der Waals surface area (Å²) in [5, 5.41) is 14.2. The fraction of sp³-hybridized carbons (Fsp3) is 0. The van der Waals surface area contributed by atoms with Crippen LogP contribution in [0.1, 0.15) is 10.4 Å². The van der Waals surface area contributed by atoms with Crippen LogP contribution >= 0.6 is 34.5 Å². The lowest BCUT2D eigenvalue weighted by molar-refractivity contribution is -0.384. The van der Waals surface area contributed by atoms with Gasteiger partial charge in [0.1, 0.15) is 0 Å². The van der Waals surface area contributed by atoms with E-state index in [0.717, 1.165) is 11.3 Å². The van der Waals surface area contributed by atoms with Gasteiger partial charge in [0.25, 0.3) is 11.6 Å². The van der Waals surface area contributed by atoms with Crippen LogP contribution in [0.3, 0.4) is 0 Å². The highest BCUT2D eigenvalue weighted by atomic mass is 35.5. The molecule has 0 bridgehead atoms. The first-order chi connectivity index (χ1) is 11.0. The van der Waals surface area contributed by atoms with Gasteiger partial charge in [-0.05, 0) is 18.2 Å². The predicted molar refractivity (Wildman–Crippen MR) is 90.7 cm³/mol. The second-order valence-electron chi connectivity index (χ2n) is 4.48. The van der Waals surface area contributed by atoms with Gasteiger partial charge in [-0.1, -0.05) is 40.6 Å². The van der Waals surface area contributed by atoms with Crippen molar-refractivity contribution in [1.82, 2.24) is 4.98 Å². The highest BCUT2D eigenvalue weighted by molar-refractivity contribution is 7.22. The Bertz CT molecular complexity index is 922. The number of nitro benzene ring substituents is 1. The Morgan fingerprint density at radius 2 is 1.91 bits per heavy atom. The van der Waals surface area contributed by atoms with Crippen LogP contribution in [0, 0.1) is 10.1 Å². The zero-order valence-electron chi connectivity index (χ0n) is 11.2. The van der Waals surface area contributed by atoms with Crippen molar-refractivity contribution in [3.8, 4) is 0 Å². The molecule has 23 heavy (non-hydrogen) atoms. The number of non-ortho nitro benzene ring substituents is 1. The number of fused-ring (bicyclic) bond motifs is 1. The van der Waals surface area contributed by atoms with Gasteiger partial charge < -0.3 is 0 Å². The molecule has 6 nitrogen and oxygen atoms in total. The minimum absolute atomic E-state index is 0.0341. The standard InChI is InChI=1S/C14H7Cl2N3O3S/c15-8-2-1-3-9(16)12(8)13(20)18-14-17-10-5-4-7(19(21)22)6-11(10)23-14/h1-6H,(H,17,18,20). The number of aromatic nitrogens is 1. The van der Waals surface area contributed by atoms with Gasteiger partial charge in [0.2, 0.25) is 0 Å². The van der Waals surface area contributed by atoms with E-state index in [-0.39, 0.29) is 21.3 Å². The smallest absolute Gasteiger partial charge is 0.270 e. The molecular formula is C14H7Cl2N3O3S. The summed E-state index contributed by atoms with van der Waals surface area (Å²) < 4.78 is 0.597. The van der Waals surface area contributed by atoms with Crippen molar-refractivity contribution in [3.63, 3.8) is 0 Å². The Kier molecular flexibility index (Phi) is 4.16. The molecule has 0 aliphatic heterocycles. The maximum absolute atomic E-state index is 12.3. The van der Waals surface area contributed by atoms with Crippen molar-refractivity contribution in [3.05, 3.63) is 62.1 Å².